The highest BCUT2D eigenvalue weighted by Gasteiger charge is 2.45. The van der Waals surface area contributed by atoms with Crippen LogP contribution in [-0.4, -0.2) is 126 Å². The zero-order valence-corrected chi connectivity index (χ0v) is 22.7. The summed E-state index contributed by atoms with van der Waals surface area (Å²) in [6.07, 6.45) is -17.5. The first-order valence-corrected chi connectivity index (χ1v) is 12.8. The molecule has 0 unspecified atom stereocenters. The van der Waals surface area contributed by atoms with Crippen LogP contribution in [-0.2, 0) is 9.53 Å². The summed E-state index contributed by atoms with van der Waals surface area (Å²) in [5, 5.41) is 100. The third kappa shape index (κ3) is 6.27. The number of benzene rings is 2. The van der Waals surface area contributed by atoms with E-state index in [4.69, 9.17) is 23.4 Å². The Labute approximate surface area is 246 Å². The van der Waals surface area contributed by atoms with Gasteiger partial charge in [-0.2, -0.15) is 0 Å². The molecule has 1 fully saturated rings. The molecule has 0 spiro atoms. The zero-order valence-electron chi connectivity index (χ0n) is 22.7. The van der Waals surface area contributed by atoms with Gasteiger partial charge in [-0.3, -0.25) is 4.79 Å². The van der Waals surface area contributed by atoms with Crippen molar-refractivity contribution in [3.05, 3.63) is 40.6 Å². The van der Waals surface area contributed by atoms with E-state index >= 15 is 0 Å². The van der Waals surface area contributed by atoms with E-state index in [1.54, 1.807) is 0 Å². The Morgan fingerprint density at radius 1 is 0.955 bits per heavy atom. The lowest BCUT2D eigenvalue weighted by molar-refractivity contribution is -0.277. The van der Waals surface area contributed by atoms with Crippen LogP contribution in [0.25, 0.3) is 22.3 Å². The Hall–Kier alpha value is -4.04. The van der Waals surface area contributed by atoms with Crippen LogP contribution < -0.4 is 19.6 Å². The van der Waals surface area contributed by atoms with Crippen molar-refractivity contribution in [3.8, 4) is 40.1 Å². The van der Waals surface area contributed by atoms with Gasteiger partial charge in [-0.25, -0.2) is 0 Å². The standard InChI is InChI=1S/C27H30O17/c1-40-14-3-2-9(4-11(14)30)24-25(44-27-23(38)21(36)19(34)16(8-29)43-27)20(35)17-12(31)5-10(6-15(17)42-24)41-26(39)22(37)18(33)13(32)7-28/h2-7,13,16,18-19,21-23,26-27,29-34,36-39H,8H2,1H3/t13-,16-,18-,19-,21+,22+,23-,26-,27-/m1/s1. The van der Waals surface area contributed by atoms with Gasteiger partial charge in [0.05, 0.1) is 13.7 Å². The first-order chi connectivity index (χ1) is 20.8. The van der Waals surface area contributed by atoms with E-state index in [1.807, 2.05) is 0 Å². The summed E-state index contributed by atoms with van der Waals surface area (Å²) >= 11 is 0. The van der Waals surface area contributed by atoms with Gasteiger partial charge < -0.3 is 79.2 Å². The molecule has 0 radical (unpaired) electrons. The Balaban J connectivity index is 1.83. The average Bonchev–Trinajstić information content (AvgIpc) is 3.00. The van der Waals surface area contributed by atoms with Crippen LogP contribution in [0, 0.1) is 0 Å². The maximum absolute atomic E-state index is 13.7. The van der Waals surface area contributed by atoms with Gasteiger partial charge in [0, 0.05) is 17.7 Å². The molecule has 10 N–H and O–H groups in total. The first kappa shape index (κ1) is 32.9. The topological polar surface area (TPSA) is 286 Å². The number of phenols is 2. The van der Waals surface area contributed by atoms with Crippen molar-refractivity contribution in [2.45, 2.75) is 55.3 Å². The molecule has 0 saturated carbocycles. The molecule has 3 aromatic rings. The van der Waals surface area contributed by atoms with Gasteiger partial charge in [-0.05, 0) is 18.2 Å². The second kappa shape index (κ2) is 13.3. The molecule has 0 amide bonds. The quantitative estimate of drug-likeness (QED) is 0.0751. The van der Waals surface area contributed by atoms with Gasteiger partial charge in [0.2, 0.25) is 23.8 Å². The Kier molecular flexibility index (Phi) is 9.94. The van der Waals surface area contributed by atoms with Crippen LogP contribution >= 0.6 is 0 Å². The van der Waals surface area contributed by atoms with Crippen molar-refractivity contribution in [2.75, 3.05) is 13.7 Å². The normalized spacial score (nSPS) is 24.7. The van der Waals surface area contributed by atoms with Crippen molar-refractivity contribution >= 4 is 17.3 Å². The maximum atomic E-state index is 13.7. The van der Waals surface area contributed by atoms with Gasteiger partial charge in [-0.15, -0.1) is 0 Å². The van der Waals surface area contributed by atoms with Crippen LogP contribution in [0.2, 0.25) is 0 Å². The second-order valence-corrected chi connectivity index (χ2v) is 9.72. The smallest absolute Gasteiger partial charge is 0.239 e. The Morgan fingerprint density at radius 3 is 2.27 bits per heavy atom. The van der Waals surface area contributed by atoms with Gasteiger partial charge in [0.25, 0.3) is 0 Å². The number of rotatable bonds is 11. The number of aliphatic hydroxyl groups excluding tert-OH is 8. The van der Waals surface area contributed by atoms with Gasteiger partial charge in [0.15, 0.2) is 23.5 Å². The molecular weight excluding hydrogens is 596 g/mol. The minimum Gasteiger partial charge on any atom is -0.507 e. The monoisotopic (exact) mass is 626 g/mol. The third-order valence-corrected chi connectivity index (χ3v) is 6.82. The molecule has 2 heterocycles. The van der Waals surface area contributed by atoms with E-state index in [0.717, 1.165) is 18.2 Å². The zero-order chi connectivity index (χ0) is 32.5. The molecule has 1 aliphatic heterocycles. The van der Waals surface area contributed by atoms with Crippen molar-refractivity contribution in [2.24, 2.45) is 0 Å². The third-order valence-electron chi connectivity index (χ3n) is 6.82. The fourth-order valence-electron chi connectivity index (χ4n) is 4.40. The van der Waals surface area contributed by atoms with Gasteiger partial charge in [0.1, 0.15) is 65.2 Å². The summed E-state index contributed by atoms with van der Waals surface area (Å²) in [6.45, 7) is -0.800. The van der Waals surface area contributed by atoms with E-state index in [1.165, 1.54) is 19.2 Å². The Bertz CT molecular complexity index is 1540. The van der Waals surface area contributed by atoms with Crippen molar-refractivity contribution in [1.29, 1.82) is 0 Å². The predicted molar refractivity (Wildman–Crippen MR) is 143 cm³/mol. The number of hydrogen-bond donors (Lipinski definition) is 10. The molecular formula is C27H30O17. The Morgan fingerprint density at radius 2 is 1.66 bits per heavy atom. The second-order valence-electron chi connectivity index (χ2n) is 9.72. The number of hydrogen-bond acceptors (Lipinski definition) is 17. The predicted octanol–water partition coefficient (Wildman–Crippen LogP) is -2.96. The van der Waals surface area contributed by atoms with Crippen LogP contribution in [0.3, 0.4) is 0 Å². The molecule has 9 atom stereocenters. The van der Waals surface area contributed by atoms with Crippen molar-refractivity contribution in [3.63, 3.8) is 0 Å². The molecule has 17 heteroatoms. The van der Waals surface area contributed by atoms with Gasteiger partial charge in [-0.1, -0.05) is 0 Å². The number of carbonyl (C=O) groups excluding carboxylic acids is 1. The van der Waals surface area contributed by atoms with Crippen molar-refractivity contribution in [1.82, 2.24) is 0 Å². The number of phenolic OH excluding ortho intramolecular Hbond substituents is 2. The van der Waals surface area contributed by atoms with E-state index in [0.29, 0.717) is 0 Å². The highest BCUT2D eigenvalue weighted by molar-refractivity contribution is 5.88. The maximum Gasteiger partial charge on any atom is 0.239 e. The molecule has 240 valence electrons. The van der Waals surface area contributed by atoms with Crippen LogP contribution in [0.4, 0.5) is 0 Å². The number of carbonyl (C=O) groups is 1. The minimum absolute atomic E-state index is 0.0193. The lowest BCUT2D eigenvalue weighted by atomic mass is 9.99. The van der Waals surface area contributed by atoms with Crippen LogP contribution in [0.15, 0.2) is 39.5 Å². The van der Waals surface area contributed by atoms with Gasteiger partial charge >= 0.3 is 0 Å². The van der Waals surface area contributed by atoms with Crippen molar-refractivity contribution < 1.29 is 79.2 Å². The molecule has 2 aromatic carbocycles. The number of aliphatic hydroxyl groups is 8. The van der Waals surface area contributed by atoms with E-state index < -0.39 is 107 Å². The molecule has 1 aliphatic rings. The SMILES string of the molecule is COc1ccc(-c2oc3cc(O[C@@H](O)[C@@H](O)[C@H](O)[C@H](O)C=O)cc(O)c3c(=O)c2O[C@H]2O[C@H](CO)[C@@H](O)[C@H](O)[C@H]2O)cc1O. The molecule has 1 aromatic heterocycles. The van der Waals surface area contributed by atoms with E-state index in [-0.39, 0.29) is 17.6 Å². The first-order valence-electron chi connectivity index (χ1n) is 12.8. The number of fused-ring (bicyclic) bond motifs is 1. The number of methoxy groups -OCH3 is 1. The molecule has 44 heavy (non-hydrogen) atoms. The summed E-state index contributed by atoms with van der Waals surface area (Å²) in [5.74, 6) is -2.75. The van der Waals surface area contributed by atoms with Crippen LogP contribution in [0.5, 0.6) is 28.7 Å². The summed E-state index contributed by atoms with van der Waals surface area (Å²) in [4.78, 5) is 24.4. The fourth-order valence-corrected chi connectivity index (χ4v) is 4.40. The largest absolute Gasteiger partial charge is 0.507 e. The lowest BCUT2D eigenvalue weighted by Gasteiger charge is -2.39. The fraction of sp³-hybridized carbons (Fsp3) is 0.407. The summed E-state index contributed by atoms with van der Waals surface area (Å²) in [7, 11) is 1.28. The molecule has 0 aliphatic carbocycles. The average molecular weight is 627 g/mol. The number of aromatic hydroxyl groups is 2. The lowest BCUT2D eigenvalue weighted by Crippen LogP contribution is -2.60. The van der Waals surface area contributed by atoms with E-state index in [9.17, 15) is 60.7 Å². The number of ether oxygens (including phenoxy) is 4. The van der Waals surface area contributed by atoms with E-state index in [2.05, 4.69) is 0 Å². The summed E-state index contributed by atoms with van der Waals surface area (Å²) in [5.41, 5.74) is -1.51. The molecule has 17 nitrogen and oxygen atoms in total. The minimum atomic E-state index is -2.25. The molecule has 1 saturated heterocycles. The molecule has 0 bridgehead atoms. The number of aldehydes is 1. The molecule has 4 rings (SSSR count). The summed E-state index contributed by atoms with van der Waals surface area (Å²) < 4.78 is 26.9. The highest BCUT2D eigenvalue weighted by atomic mass is 16.7. The van der Waals surface area contributed by atoms with Crippen LogP contribution in [0.1, 0.15) is 0 Å². The summed E-state index contributed by atoms with van der Waals surface area (Å²) in [6, 6.07) is 5.56. The highest BCUT2D eigenvalue weighted by Crippen LogP contribution is 2.40.